The molecule has 1 aliphatic carbocycles. The zero-order valence-corrected chi connectivity index (χ0v) is 12.1. The van der Waals surface area contributed by atoms with Crippen LogP contribution in [0.5, 0.6) is 0 Å². The lowest BCUT2D eigenvalue weighted by Crippen LogP contribution is -2.33. The fourth-order valence-corrected chi connectivity index (χ4v) is 2.91. The van der Waals surface area contributed by atoms with Crippen molar-refractivity contribution in [1.82, 2.24) is 10.3 Å². The molecule has 0 radical (unpaired) electrons. The summed E-state index contributed by atoms with van der Waals surface area (Å²) < 4.78 is 0. The summed E-state index contributed by atoms with van der Waals surface area (Å²) >= 11 is 0. The highest BCUT2D eigenvalue weighted by Gasteiger charge is 2.30. The second-order valence-corrected chi connectivity index (χ2v) is 5.67. The van der Waals surface area contributed by atoms with Gasteiger partial charge in [-0.25, -0.2) is 0 Å². The summed E-state index contributed by atoms with van der Waals surface area (Å²) in [6, 6.07) is 13.3. The molecule has 5 heteroatoms. The Kier molecular flexibility index (Phi) is 3.96. The minimum atomic E-state index is -0.775. The van der Waals surface area contributed by atoms with Crippen molar-refractivity contribution < 1.29 is 14.7 Å². The molecule has 1 aliphatic rings. The molecule has 3 N–H and O–H groups in total. The Morgan fingerprint density at radius 2 is 1.86 bits per heavy atom. The van der Waals surface area contributed by atoms with Crippen LogP contribution in [-0.4, -0.2) is 28.0 Å². The largest absolute Gasteiger partial charge is 0.481 e. The van der Waals surface area contributed by atoms with Crippen molar-refractivity contribution in [1.29, 1.82) is 0 Å². The number of nitrogens with one attached hydrogen (secondary N) is 2. The van der Waals surface area contributed by atoms with Crippen LogP contribution in [0.4, 0.5) is 0 Å². The molecule has 1 saturated carbocycles. The number of aromatic amines is 1. The number of carbonyl (C=O) groups is 2. The van der Waals surface area contributed by atoms with E-state index in [1.54, 1.807) is 6.07 Å². The fraction of sp³-hybridized carbons (Fsp3) is 0.294. The van der Waals surface area contributed by atoms with Crippen molar-refractivity contribution in [2.75, 3.05) is 0 Å². The number of carboxylic acid groups (broad SMARTS) is 1. The first-order valence-electron chi connectivity index (χ1n) is 7.41. The van der Waals surface area contributed by atoms with Crippen LogP contribution in [-0.2, 0) is 4.79 Å². The van der Waals surface area contributed by atoms with E-state index in [4.69, 9.17) is 5.11 Å². The molecule has 0 unspecified atom stereocenters. The lowest BCUT2D eigenvalue weighted by atomic mass is 10.1. The number of carboxylic acids is 1. The predicted octanol–water partition coefficient (Wildman–Crippen LogP) is 2.66. The van der Waals surface area contributed by atoms with Crippen LogP contribution < -0.4 is 5.32 Å². The quantitative estimate of drug-likeness (QED) is 0.811. The van der Waals surface area contributed by atoms with Crippen LogP contribution in [0.3, 0.4) is 0 Å². The molecule has 1 fully saturated rings. The van der Waals surface area contributed by atoms with Crippen LogP contribution in [0.1, 0.15) is 29.8 Å². The van der Waals surface area contributed by atoms with Gasteiger partial charge in [0.25, 0.3) is 5.91 Å². The Morgan fingerprint density at radius 1 is 1.09 bits per heavy atom. The summed E-state index contributed by atoms with van der Waals surface area (Å²) in [5.41, 5.74) is 2.41. The number of carbonyl (C=O) groups excluding carboxylic acids is 1. The summed E-state index contributed by atoms with van der Waals surface area (Å²) in [6.45, 7) is 0. The number of hydrogen-bond acceptors (Lipinski definition) is 2. The van der Waals surface area contributed by atoms with Gasteiger partial charge in [0.2, 0.25) is 0 Å². The van der Waals surface area contributed by atoms with Gasteiger partial charge in [-0.1, -0.05) is 30.3 Å². The van der Waals surface area contributed by atoms with Crippen LogP contribution >= 0.6 is 0 Å². The molecule has 114 valence electrons. The van der Waals surface area contributed by atoms with Gasteiger partial charge >= 0.3 is 5.97 Å². The first-order chi connectivity index (χ1) is 10.6. The summed E-state index contributed by atoms with van der Waals surface area (Å²) in [7, 11) is 0. The third-order valence-electron chi connectivity index (χ3n) is 4.13. The Bertz CT molecular complexity index is 678. The maximum Gasteiger partial charge on any atom is 0.306 e. The zero-order valence-electron chi connectivity index (χ0n) is 12.1. The van der Waals surface area contributed by atoms with Gasteiger partial charge in [0, 0.05) is 11.7 Å². The number of H-pyrrole nitrogens is 1. The molecule has 2 aromatic rings. The molecule has 0 spiro atoms. The van der Waals surface area contributed by atoms with E-state index in [9.17, 15) is 9.59 Å². The maximum absolute atomic E-state index is 12.2. The molecule has 1 aromatic heterocycles. The van der Waals surface area contributed by atoms with Crippen molar-refractivity contribution in [3.63, 3.8) is 0 Å². The molecule has 22 heavy (non-hydrogen) atoms. The Labute approximate surface area is 128 Å². The number of aromatic nitrogens is 1. The minimum Gasteiger partial charge on any atom is -0.481 e. The van der Waals surface area contributed by atoms with E-state index >= 15 is 0 Å². The number of hydrogen-bond donors (Lipinski definition) is 3. The average Bonchev–Trinajstić information content (AvgIpc) is 3.17. The van der Waals surface area contributed by atoms with E-state index in [0.717, 1.165) is 17.7 Å². The van der Waals surface area contributed by atoms with Crippen molar-refractivity contribution >= 4 is 11.9 Å². The molecular weight excluding hydrogens is 280 g/mol. The predicted molar refractivity (Wildman–Crippen MR) is 82.5 cm³/mol. The van der Waals surface area contributed by atoms with Crippen molar-refractivity contribution in [2.45, 2.75) is 25.3 Å². The molecule has 3 rings (SSSR count). The van der Waals surface area contributed by atoms with Gasteiger partial charge in [-0.05, 0) is 37.0 Å². The lowest BCUT2D eigenvalue weighted by molar-refractivity contribution is -0.141. The third-order valence-corrected chi connectivity index (χ3v) is 4.13. The van der Waals surface area contributed by atoms with Gasteiger partial charge in [-0.3, -0.25) is 9.59 Å². The van der Waals surface area contributed by atoms with Gasteiger partial charge < -0.3 is 15.4 Å². The SMILES string of the molecule is O=C(N[C@H]1CC[C@@H](C(=O)O)C1)c1ccc(-c2ccccc2)[nH]1. The highest BCUT2D eigenvalue weighted by atomic mass is 16.4. The summed E-state index contributed by atoms with van der Waals surface area (Å²) in [5, 5.41) is 11.9. The van der Waals surface area contributed by atoms with Crippen molar-refractivity contribution in [2.24, 2.45) is 5.92 Å². The van der Waals surface area contributed by atoms with Crippen LogP contribution in [0.15, 0.2) is 42.5 Å². The molecular formula is C17H18N2O3. The molecule has 2 atom stereocenters. The molecule has 1 heterocycles. The van der Waals surface area contributed by atoms with E-state index in [0.29, 0.717) is 18.5 Å². The fourth-order valence-electron chi connectivity index (χ4n) is 2.91. The standard InChI is InChI=1S/C17H18N2O3/c20-16(18-13-7-6-12(10-13)17(21)22)15-9-8-14(19-15)11-4-2-1-3-5-11/h1-5,8-9,12-13,19H,6-7,10H2,(H,18,20)(H,21,22)/t12-,13+/m1/s1. The Balaban J connectivity index is 1.64. The van der Waals surface area contributed by atoms with Crippen LogP contribution in [0.25, 0.3) is 11.3 Å². The molecule has 1 aromatic carbocycles. The van der Waals surface area contributed by atoms with Gasteiger partial charge in [0.05, 0.1) is 5.92 Å². The third kappa shape index (κ3) is 3.03. The lowest BCUT2D eigenvalue weighted by Gasteiger charge is -2.11. The maximum atomic E-state index is 12.2. The number of rotatable bonds is 4. The van der Waals surface area contributed by atoms with Crippen LogP contribution in [0.2, 0.25) is 0 Å². The van der Waals surface area contributed by atoms with Crippen LogP contribution in [0, 0.1) is 5.92 Å². The second-order valence-electron chi connectivity index (χ2n) is 5.67. The van der Waals surface area contributed by atoms with Gasteiger partial charge in [0.1, 0.15) is 5.69 Å². The van der Waals surface area contributed by atoms with E-state index in [1.165, 1.54) is 0 Å². The monoisotopic (exact) mass is 298 g/mol. The highest BCUT2D eigenvalue weighted by Crippen LogP contribution is 2.26. The molecule has 0 saturated heterocycles. The van der Waals surface area contributed by atoms with Gasteiger partial charge in [-0.2, -0.15) is 0 Å². The smallest absolute Gasteiger partial charge is 0.306 e. The minimum absolute atomic E-state index is 0.0583. The van der Waals surface area contributed by atoms with E-state index in [-0.39, 0.29) is 17.9 Å². The van der Waals surface area contributed by atoms with Gasteiger partial charge in [0.15, 0.2) is 0 Å². The Morgan fingerprint density at radius 3 is 2.55 bits per heavy atom. The summed E-state index contributed by atoms with van der Waals surface area (Å²) in [4.78, 5) is 26.3. The Hall–Kier alpha value is -2.56. The van der Waals surface area contributed by atoms with Gasteiger partial charge in [-0.15, -0.1) is 0 Å². The summed E-state index contributed by atoms with van der Waals surface area (Å²) in [6.07, 6.45) is 1.85. The highest BCUT2D eigenvalue weighted by molar-refractivity contribution is 5.93. The number of aliphatic carboxylic acids is 1. The molecule has 0 aliphatic heterocycles. The zero-order chi connectivity index (χ0) is 15.5. The number of amides is 1. The average molecular weight is 298 g/mol. The van der Waals surface area contributed by atoms with E-state index in [1.807, 2.05) is 36.4 Å². The van der Waals surface area contributed by atoms with Crippen molar-refractivity contribution in [3.05, 3.63) is 48.2 Å². The normalized spacial score (nSPS) is 20.7. The first kappa shape index (κ1) is 14.4. The number of benzene rings is 1. The topological polar surface area (TPSA) is 82.2 Å². The second kappa shape index (κ2) is 6.05. The first-order valence-corrected chi connectivity index (χ1v) is 7.41. The van der Waals surface area contributed by atoms with E-state index in [2.05, 4.69) is 10.3 Å². The molecule has 0 bridgehead atoms. The van der Waals surface area contributed by atoms with Crippen molar-refractivity contribution in [3.8, 4) is 11.3 Å². The molecule has 5 nitrogen and oxygen atoms in total. The molecule has 1 amide bonds. The summed E-state index contributed by atoms with van der Waals surface area (Å²) in [5.74, 6) is -1.30. The van der Waals surface area contributed by atoms with E-state index < -0.39 is 5.97 Å².